The molecule has 0 bridgehead atoms. The highest BCUT2D eigenvalue weighted by atomic mass is 16.5. The third kappa shape index (κ3) is 4.09. The van der Waals surface area contributed by atoms with Gasteiger partial charge >= 0.3 is 0 Å². The van der Waals surface area contributed by atoms with Crippen molar-refractivity contribution in [3.63, 3.8) is 0 Å². The molecule has 4 heterocycles. The molecule has 2 aromatic carbocycles. The maximum absolute atomic E-state index is 11.5. The molecule has 5 aromatic rings. The van der Waals surface area contributed by atoms with Crippen LogP contribution in [0.2, 0.25) is 0 Å². The van der Waals surface area contributed by atoms with Crippen molar-refractivity contribution in [3.8, 4) is 11.3 Å². The minimum atomic E-state index is -0.833. The third-order valence-corrected chi connectivity index (χ3v) is 9.12. The van der Waals surface area contributed by atoms with Crippen LogP contribution in [-0.4, -0.2) is 37.4 Å². The molecule has 3 aromatic heterocycles. The largest absolute Gasteiger partial charge is 0.385 e. The third-order valence-electron chi connectivity index (χ3n) is 9.12. The van der Waals surface area contributed by atoms with Crippen LogP contribution < -0.4 is 0 Å². The van der Waals surface area contributed by atoms with Crippen molar-refractivity contribution in [1.29, 1.82) is 0 Å². The number of hydrogen-bond acceptors (Lipinski definition) is 4. The van der Waals surface area contributed by atoms with Gasteiger partial charge in [0.25, 0.3) is 0 Å². The number of pyridine rings is 1. The zero-order chi connectivity index (χ0) is 26.7. The number of aliphatic hydroxyl groups is 1. The van der Waals surface area contributed by atoms with Gasteiger partial charge in [-0.25, -0.2) is 4.98 Å². The van der Waals surface area contributed by atoms with Gasteiger partial charge in [-0.2, -0.15) is 0 Å². The van der Waals surface area contributed by atoms with E-state index in [-0.39, 0.29) is 6.04 Å². The Kier molecular flexibility index (Phi) is 5.87. The molecule has 0 amide bonds. The van der Waals surface area contributed by atoms with Crippen LogP contribution in [0.25, 0.3) is 33.2 Å². The van der Waals surface area contributed by atoms with Crippen molar-refractivity contribution in [2.45, 2.75) is 51.2 Å². The van der Waals surface area contributed by atoms with Crippen molar-refractivity contribution in [3.05, 3.63) is 83.9 Å². The van der Waals surface area contributed by atoms with Gasteiger partial charge in [-0.15, -0.1) is 0 Å². The van der Waals surface area contributed by atoms with Crippen molar-refractivity contribution in [2.24, 2.45) is 18.9 Å². The van der Waals surface area contributed by atoms with Crippen LogP contribution in [0.4, 0.5) is 0 Å². The average Bonchev–Trinajstić information content (AvgIpc) is 3.71. The first-order valence-corrected chi connectivity index (χ1v) is 14.2. The van der Waals surface area contributed by atoms with E-state index in [9.17, 15) is 5.11 Å². The standard InChI is InChI=1S/C33H36N4O2/c1-21-31(36(3)20-35-21)24-17-29-30(34-19-24)27-12-11-26(33(2,38)25-9-10-25)18-28(27)37(29)32(22-7-5-4-6-8-22)23-13-15-39-16-14-23/h4-8,11-12,17-20,23,25,32,38H,9-10,13-16H2,1-3H3/t32-,33?/m1/s1. The van der Waals surface area contributed by atoms with E-state index in [1.54, 1.807) is 0 Å². The van der Waals surface area contributed by atoms with E-state index in [4.69, 9.17) is 9.72 Å². The second-order valence-electron chi connectivity index (χ2n) is 11.7. The molecule has 0 radical (unpaired) electrons. The smallest absolute Gasteiger partial charge is 0.0960 e. The molecule has 6 nitrogen and oxygen atoms in total. The van der Waals surface area contributed by atoms with Gasteiger partial charge in [0.15, 0.2) is 0 Å². The first-order valence-electron chi connectivity index (χ1n) is 14.2. The fourth-order valence-corrected chi connectivity index (χ4v) is 6.80. The maximum Gasteiger partial charge on any atom is 0.0960 e. The number of nitrogens with zero attached hydrogens (tertiary/aromatic N) is 4. The molecule has 39 heavy (non-hydrogen) atoms. The molecule has 1 aliphatic heterocycles. The van der Waals surface area contributed by atoms with Gasteiger partial charge in [-0.3, -0.25) is 4.98 Å². The molecule has 1 N–H and O–H groups in total. The number of aromatic nitrogens is 4. The van der Waals surface area contributed by atoms with E-state index in [1.165, 1.54) is 5.56 Å². The Morgan fingerprint density at radius 1 is 0.974 bits per heavy atom. The van der Waals surface area contributed by atoms with E-state index in [2.05, 4.69) is 75.6 Å². The summed E-state index contributed by atoms with van der Waals surface area (Å²) < 4.78 is 10.4. The van der Waals surface area contributed by atoms with Crippen molar-refractivity contribution in [2.75, 3.05) is 13.2 Å². The number of benzene rings is 2. The number of imidazole rings is 1. The molecule has 1 saturated heterocycles. The van der Waals surface area contributed by atoms with Crippen molar-refractivity contribution < 1.29 is 9.84 Å². The monoisotopic (exact) mass is 520 g/mol. The van der Waals surface area contributed by atoms with Crippen LogP contribution >= 0.6 is 0 Å². The fourth-order valence-electron chi connectivity index (χ4n) is 6.80. The summed E-state index contributed by atoms with van der Waals surface area (Å²) in [5, 5.41) is 12.7. The average molecular weight is 521 g/mol. The normalized spacial score (nSPS) is 19.0. The minimum Gasteiger partial charge on any atom is -0.385 e. The topological polar surface area (TPSA) is 65.1 Å². The summed E-state index contributed by atoms with van der Waals surface area (Å²) in [5.41, 5.74) is 7.84. The molecule has 1 unspecified atom stereocenters. The van der Waals surface area contributed by atoms with Crippen LogP contribution in [0.5, 0.6) is 0 Å². The van der Waals surface area contributed by atoms with Crippen LogP contribution in [0.15, 0.2) is 67.1 Å². The Balaban J connectivity index is 1.53. The molecule has 7 rings (SSSR count). The Morgan fingerprint density at radius 2 is 1.74 bits per heavy atom. The van der Waals surface area contributed by atoms with Gasteiger partial charge in [-0.05, 0) is 74.6 Å². The lowest BCUT2D eigenvalue weighted by Gasteiger charge is -2.33. The zero-order valence-electron chi connectivity index (χ0n) is 23.0. The van der Waals surface area contributed by atoms with Gasteiger partial charge in [0.05, 0.1) is 45.9 Å². The maximum atomic E-state index is 11.5. The molecule has 200 valence electrons. The highest BCUT2D eigenvalue weighted by molar-refractivity contribution is 6.07. The van der Waals surface area contributed by atoms with Crippen LogP contribution in [0, 0.1) is 18.8 Å². The predicted molar refractivity (Wildman–Crippen MR) is 155 cm³/mol. The lowest BCUT2D eigenvalue weighted by Crippen LogP contribution is -2.27. The summed E-state index contributed by atoms with van der Waals surface area (Å²) in [7, 11) is 2.04. The number of aryl methyl sites for hydroxylation is 2. The van der Waals surface area contributed by atoms with Gasteiger partial charge in [-0.1, -0.05) is 42.5 Å². The Labute approximate surface area is 229 Å². The Hall–Kier alpha value is -3.48. The lowest BCUT2D eigenvalue weighted by atomic mass is 9.86. The number of rotatable bonds is 6. The van der Waals surface area contributed by atoms with Crippen LogP contribution in [-0.2, 0) is 17.4 Å². The zero-order valence-corrected chi connectivity index (χ0v) is 23.0. The van der Waals surface area contributed by atoms with E-state index in [1.807, 2.05) is 26.5 Å². The molecule has 1 aliphatic carbocycles. The van der Waals surface area contributed by atoms with Crippen molar-refractivity contribution in [1.82, 2.24) is 19.1 Å². The number of hydrogen-bond donors (Lipinski definition) is 1. The van der Waals surface area contributed by atoms with Gasteiger partial charge in [0.1, 0.15) is 0 Å². The van der Waals surface area contributed by atoms with Gasteiger partial charge < -0.3 is 19.0 Å². The molecule has 1 saturated carbocycles. The molecule has 2 aliphatic rings. The number of ether oxygens (including phenoxy) is 1. The Bertz CT molecular complexity index is 1640. The molecule has 2 fully saturated rings. The molecular formula is C33H36N4O2. The van der Waals surface area contributed by atoms with Gasteiger partial charge in [0, 0.05) is 37.4 Å². The summed E-state index contributed by atoms with van der Waals surface area (Å²) in [6.45, 7) is 5.60. The second kappa shape index (κ2) is 9.32. The fraction of sp³-hybridized carbons (Fsp3) is 0.394. The highest BCUT2D eigenvalue weighted by Crippen LogP contribution is 2.47. The summed E-state index contributed by atoms with van der Waals surface area (Å²) in [5.74, 6) is 0.750. The molecule has 2 atom stereocenters. The minimum absolute atomic E-state index is 0.126. The van der Waals surface area contributed by atoms with E-state index < -0.39 is 5.60 Å². The van der Waals surface area contributed by atoms with E-state index in [0.717, 1.165) is 83.3 Å². The lowest BCUT2D eigenvalue weighted by molar-refractivity contribution is 0.0332. The second-order valence-corrected chi connectivity index (χ2v) is 11.7. The van der Waals surface area contributed by atoms with Crippen LogP contribution in [0.1, 0.15) is 55.5 Å². The molecule has 0 spiro atoms. The first kappa shape index (κ1) is 24.6. The first-order chi connectivity index (χ1) is 18.9. The van der Waals surface area contributed by atoms with Crippen molar-refractivity contribution >= 4 is 21.9 Å². The molecular weight excluding hydrogens is 484 g/mol. The SMILES string of the molecule is Cc1ncn(C)c1-c1cnc2c3ccc(C(C)(O)C4CC4)cc3n([C@H](c3ccccc3)C3CCOCC3)c2c1. The summed E-state index contributed by atoms with van der Waals surface area (Å²) in [6.07, 6.45) is 8.03. The number of fused-ring (bicyclic) bond motifs is 3. The van der Waals surface area contributed by atoms with E-state index in [0.29, 0.717) is 11.8 Å². The summed E-state index contributed by atoms with van der Waals surface area (Å²) in [6, 6.07) is 19.8. The van der Waals surface area contributed by atoms with Gasteiger partial charge in [0.2, 0.25) is 0 Å². The summed E-state index contributed by atoms with van der Waals surface area (Å²) in [4.78, 5) is 9.62. The predicted octanol–water partition coefficient (Wildman–Crippen LogP) is 6.53. The summed E-state index contributed by atoms with van der Waals surface area (Å²) >= 11 is 0. The van der Waals surface area contributed by atoms with E-state index >= 15 is 0 Å². The highest BCUT2D eigenvalue weighted by Gasteiger charge is 2.41. The molecule has 6 heteroatoms. The van der Waals surface area contributed by atoms with Crippen LogP contribution in [0.3, 0.4) is 0 Å². The quantitative estimate of drug-likeness (QED) is 0.276. The Morgan fingerprint density at radius 3 is 2.44 bits per heavy atom.